The Morgan fingerprint density at radius 2 is 1.55 bits per heavy atom. The molecule has 33 heavy (non-hydrogen) atoms. The van der Waals surface area contributed by atoms with Gasteiger partial charge in [0.25, 0.3) is 11.7 Å². The highest BCUT2D eigenvalue weighted by Crippen LogP contribution is 2.44. The summed E-state index contributed by atoms with van der Waals surface area (Å²) in [5.41, 5.74) is 5.54. The average molecular weight is 442 g/mol. The summed E-state index contributed by atoms with van der Waals surface area (Å²) in [7, 11) is 1.53. The summed E-state index contributed by atoms with van der Waals surface area (Å²) in [4.78, 5) is 28.2. The zero-order chi connectivity index (χ0) is 23.9. The lowest BCUT2D eigenvalue weighted by atomic mass is 9.91. The molecule has 1 amide bonds. The van der Waals surface area contributed by atoms with Crippen molar-refractivity contribution < 1.29 is 19.4 Å². The highest BCUT2D eigenvalue weighted by molar-refractivity contribution is 6.51. The predicted octanol–water partition coefficient (Wildman–Crippen LogP) is 5.56. The molecule has 3 aromatic rings. The lowest BCUT2D eigenvalue weighted by Crippen LogP contribution is -2.29. The van der Waals surface area contributed by atoms with Crippen LogP contribution in [0.5, 0.6) is 5.75 Å². The summed E-state index contributed by atoms with van der Waals surface area (Å²) in [5, 5.41) is 11.5. The second-order valence-electron chi connectivity index (χ2n) is 8.52. The van der Waals surface area contributed by atoms with E-state index in [2.05, 4.69) is 0 Å². The number of hydrogen-bond acceptors (Lipinski definition) is 4. The van der Waals surface area contributed by atoms with Crippen LogP contribution in [0.15, 0.2) is 66.2 Å². The molecular weight excluding hydrogens is 414 g/mol. The summed E-state index contributed by atoms with van der Waals surface area (Å²) >= 11 is 0. The minimum absolute atomic E-state index is 0.0539. The van der Waals surface area contributed by atoms with Gasteiger partial charge in [-0.1, -0.05) is 48.0 Å². The van der Waals surface area contributed by atoms with E-state index in [-0.39, 0.29) is 11.3 Å². The summed E-state index contributed by atoms with van der Waals surface area (Å²) in [6.07, 6.45) is 0. The van der Waals surface area contributed by atoms with Crippen molar-refractivity contribution in [2.24, 2.45) is 0 Å². The smallest absolute Gasteiger partial charge is 0.300 e. The third-order valence-corrected chi connectivity index (χ3v) is 6.12. The second-order valence-corrected chi connectivity index (χ2v) is 8.52. The van der Waals surface area contributed by atoms with E-state index in [0.29, 0.717) is 17.0 Å². The van der Waals surface area contributed by atoms with Gasteiger partial charge >= 0.3 is 0 Å². The standard InChI is InChI=1S/C28H27NO4/c1-16-10-12-20(13-11-16)29-24(21-9-7-6-8-18(21)3)23(26(31)28(29)32)25(30)22-15-17(2)14-19(4)27(22)33-5/h6-15,24,30H,1-5H3/b25-23+. The molecule has 5 heteroatoms. The van der Waals surface area contributed by atoms with E-state index in [1.54, 1.807) is 6.07 Å². The van der Waals surface area contributed by atoms with Gasteiger partial charge in [0, 0.05) is 5.69 Å². The van der Waals surface area contributed by atoms with Crippen LogP contribution in [0.2, 0.25) is 0 Å². The third kappa shape index (κ3) is 3.80. The van der Waals surface area contributed by atoms with E-state index in [1.807, 2.05) is 82.3 Å². The number of hydrogen-bond donors (Lipinski definition) is 1. The SMILES string of the molecule is COc1c(C)cc(C)cc1/C(O)=C1\C(=O)C(=O)N(c2ccc(C)cc2)C1c1ccccc1C. The summed E-state index contributed by atoms with van der Waals surface area (Å²) in [5.74, 6) is -1.15. The number of Topliss-reactive ketones (excluding diaryl/α,β-unsaturated/α-hetero) is 1. The van der Waals surface area contributed by atoms with Crippen molar-refractivity contribution in [3.63, 3.8) is 0 Å². The molecule has 4 rings (SSSR count). The average Bonchev–Trinajstić information content (AvgIpc) is 3.04. The Morgan fingerprint density at radius 3 is 2.18 bits per heavy atom. The number of nitrogens with zero attached hydrogens (tertiary/aromatic N) is 1. The van der Waals surface area contributed by atoms with E-state index in [0.717, 1.165) is 27.8 Å². The van der Waals surface area contributed by atoms with Crippen LogP contribution in [0.4, 0.5) is 5.69 Å². The molecule has 0 spiro atoms. The predicted molar refractivity (Wildman–Crippen MR) is 130 cm³/mol. The largest absolute Gasteiger partial charge is 0.507 e. The van der Waals surface area contributed by atoms with Crippen LogP contribution in [0.3, 0.4) is 0 Å². The minimum Gasteiger partial charge on any atom is -0.507 e. The molecule has 1 atom stereocenters. The number of carbonyl (C=O) groups is 2. The third-order valence-electron chi connectivity index (χ3n) is 6.12. The zero-order valence-corrected chi connectivity index (χ0v) is 19.5. The van der Waals surface area contributed by atoms with Gasteiger partial charge < -0.3 is 9.84 Å². The first kappa shape index (κ1) is 22.3. The van der Waals surface area contributed by atoms with Gasteiger partial charge in [-0.2, -0.15) is 0 Å². The van der Waals surface area contributed by atoms with Crippen LogP contribution in [0.25, 0.3) is 5.76 Å². The van der Waals surface area contributed by atoms with Crippen LogP contribution in [-0.4, -0.2) is 23.9 Å². The molecule has 1 heterocycles. The molecule has 5 nitrogen and oxygen atoms in total. The molecular formula is C28H27NO4. The van der Waals surface area contributed by atoms with E-state index in [9.17, 15) is 14.7 Å². The maximum absolute atomic E-state index is 13.4. The Kier molecular flexibility index (Phi) is 5.81. The van der Waals surface area contributed by atoms with E-state index < -0.39 is 17.7 Å². The molecule has 1 aliphatic rings. The summed E-state index contributed by atoms with van der Waals surface area (Å²) in [6, 6.07) is 18.0. The number of ketones is 1. The van der Waals surface area contributed by atoms with E-state index in [4.69, 9.17) is 4.74 Å². The molecule has 0 radical (unpaired) electrons. The first-order chi connectivity index (χ1) is 15.7. The highest BCUT2D eigenvalue weighted by atomic mass is 16.5. The number of aryl methyl sites for hydroxylation is 4. The Morgan fingerprint density at radius 1 is 0.879 bits per heavy atom. The van der Waals surface area contributed by atoms with Crippen molar-refractivity contribution in [2.75, 3.05) is 12.0 Å². The Labute approximate surface area is 193 Å². The maximum atomic E-state index is 13.4. The Balaban J connectivity index is 2.03. The number of aliphatic hydroxyl groups excluding tert-OH is 1. The molecule has 3 aromatic carbocycles. The number of benzene rings is 3. The van der Waals surface area contributed by atoms with E-state index in [1.165, 1.54) is 12.0 Å². The Hall–Kier alpha value is -3.86. The van der Waals surface area contributed by atoms with Gasteiger partial charge in [0.15, 0.2) is 0 Å². The molecule has 1 saturated heterocycles. The van der Waals surface area contributed by atoms with Crippen LogP contribution in [0.1, 0.15) is 39.4 Å². The molecule has 0 aliphatic carbocycles. The fourth-order valence-corrected chi connectivity index (χ4v) is 4.54. The number of anilines is 1. The second kappa shape index (κ2) is 8.58. The summed E-state index contributed by atoms with van der Waals surface area (Å²) < 4.78 is 5.56. The maximum Gasteiger partial charge on any atom is 0.300 e. The van der Waals surface area contributed by atoms with Crippen molar-refractivity contribution in [2.45, 2.75) is 33.7 Å². The lowest BCUT2D eigenvalue weighted by Gasteiger charge is -2.27. The van der Waals surface area contributed by atoms with Gasteiger partial charge in [0.1, 0.15) is 11.5 Å². The fourth-order valence-electron chi connectivity index (χ4n) is 4.54. The van der Waals surface area contributed by atoms with Crippen molar-refractivity contribution in [1.29, 1.82) is 0 Å². The van der Waals surface area contributed by atoms with Crippen molar-refractivity contribution in [1.82, 2.24) is 0 Å². The number of rotatable bonds is 4. The first-order valence-electron chi connectivity index (χ1n) is 10.8. The normalized spacial score (nSPS) is 17.5. The van der Waals surface area contributed by atoms with Crippen LogP contribution < -0.4 is 9.64 Å². The van der Waals surface area contributed by atoms with Crippen molar-refractivity contribution in [3.8, 4) is 5.75 Å². The fraction of sp³-hybridized carbons (Fsp3) is 0.214. The van der Waals surface area contributed by atoms with Crippen LogP contribution >= 0.6 is 0 Å². The van der Waals surface area contributed by atoms with Gasteiger partial charge in [-0.15, -0.1) is 0 Å². The van der Waals surface area contributed by atoms with Gasteiger partial charge in [-0.25, -0.2) is 0 Å². The first-order valence-corrected chi connectivity index (χ1v) is 10.8. The number of carbonyl (C=O) groups excluding carboxylic acids is 2. The molecule has 168 valence electrons. The molecule has 0 bridgehead atoms. The van der Waals surface area contributed by atoms with Gasteiger partial charge in [-0.05, 0) is 68.1 Å². The lowest BCUT2D eigenvalue weighted by molar-refractivity contribution is -0.132. The molecule has 0 aromatic heterocycles. The van der Waals surface area contributed by atoms with E-state index >= 15 is 0 Å². The van der Waals surface area contributed by atoms with Crippen LogP contribution in [-0.2, 0) is 9.59 Å². The molecule has 1 unspecified atom stereocenters. The van der Waals surface area contributed by atoms with Crippen molar-refractivity contribution in [3.05, 3.63) is 99.6 Å². The molecule has 1 fully saturated rings. The topological polar surface area (TPSA) is 66.8 Å². The Bertz CT molecular complexity index is 1290. The van der Waals surface area contributed by atoms with Gasteiger partial charge in [-0.3, -0.25) is 14.5 Å². The number of methoxy groups -OCH3 is 1. The zero-order valence-electron chi connectivity index (χ0n) is 19.5. The minimum atomic E-state index is -0.764. The highest BCUT2D eigenvalue weighted by Gasteiger charge is 2.47. The monoisotopic (exact) mass is 441 g/mol. The summed E-state index contributed by atoms with van der Waals surface area (Å²) in [6.45, 7) is 7.68. The number of amides is 1. The quantitative estimate of drug-likeness (QED) is 0.327. The number of ether oxygens (including phenoxy) is 1. The number of aliphatic hydroxyl groups is 1. The van der Waals surface area contributed by atoms with Gasteiger partial charge in [0.2, 0.25) is 0 Å². The van der Waals surface area contributed by atoms with Crippen molar-refractivity contribution >= 4 is 23.1 Å². The van der Waals surface area contributed by atoms with Crippen LogP contribution in [0, 0.1) is 27.7 Å². The molecule has 0 saturated carbocycles. The van der Waals surface area contributed by atoms with Gasteiger partial charge in [0.05, 0.1) is 24.3 Å². The molecule has 1 N–H and O–H groups in total. The molecule has 1 aliphatic heterocycles.